The van der Waals surface area contributed by atoms with Gasteiger partial charge in [-0.2, -0.15) is 0 Å². The van der Waals surface area contributed by atoms with Crippen LogP contribution in [0.5, 0.6) is 0 Å². The predicted octanol–water partition coefficient (Wildman–Crippen LogP) is 2.64. The van der Waals surface area contributed by atoms with E-state index in [1.54, 1.807) is 42.7 Å². The molecule has 0 saturated carbocycles. The van der Waals surface area contributed by atoms with Gasteiger partial charge in [0.1, 0.15) is 11.5 Å². The number of hydrogen-bond donors (Lipinski definition) is 1. The van der Waals surface area contributed by atoms with E-state index in [2.05, 4.69) is 27.2 Å². The Morgan fingerprint density at radius 1 is 1.12 bits per heavy atom. The van der Waals surface area contributed by atoms with Crippen LogP contribution in [-0.2, 0) is 0 Å². The number of hydrogen-bond acceptors (Lipinski definition) is 5. The molecule has 1 amide bonds. The Kier molecular flexibility index (Phi) is 4.90. The van der Waals surface area contributed by atoms with Gasteiger partial charge in [0.05, 0.1) is 0 Å². The van der Waals surface area contributed by atoms with Crippen LogP contribution in [0.15, 0.2) is 42.7 Å². The summed E-state index contributed by atoms with van der Waals surface area (Å²) in [5, 5.41) is 2.74. The van der Waals surface area contributed by atoms with Crippen molar-refractivity contribution in [2.45, 2.75) is 19.8 Å². The number of piperidine rings is 1. The summed E-state index contributed by atoms with van der Waals surface area (Å²) in [5.74, 6) is 0.148. The molecular formula is C19H22N4O2. The molecule has 1 N–H and O–H groups in total. The van der Waals surface area contributed by atoms with Gasteiger partial charge in [0, 0.05) is 23.4 Å². The maximum atomic E-state index is 12.9. The lowest BCUT2D eigenvalue weighted by Crippen LogP contribution is -2.41. The second-order valence-corrected chi connectivity index (χ2v) is 6.79. The SMILES string of the molecule is CN1CCC(C)(C(=O)c2cccc(NC(=O)c3ccncc3)n2)CC1. The Bertz CT molecular complexity index is 768. The quantitative estimate of drug-likeness (QED) is 0.868. The molecule has 0 unspecified atom stereocenters. The van der Waals surface area contributed by atoms with Crippen LogP contribution in [0.4, 0.5) is 5.82 Å². The fourth-order valence-corrected chi connectivity index (χ4v) is 2.97. The minimum absolute atomic E-state index is 0.0422. The number of Topliss-reactive ketones (excluding diaryl/α,β-unsaturated/α-hetero) is 1. The first-order valence-electron chi connectivity index (χ1n) is 8.40. The minimum Gasteiger partial charge on any atom is -0.307 e. The summed E-state index contributed by atoms with van der Waals surface area (Å²) >= 11 is 0. The fourth-order valence-electron chi connectivity index (χ4n) is 2.97. The number of pyridine rings is 2. The maximum absolute atomic E-state index is 12.9. The van der Waals surface area contributed by atoms with Crippen molar-refractivity contribution in [3.8, 4) is 0 Å². The van der Waals surface area contributed by atoms with Gasteiger partial charge in [0.15, 0.2) is 5.78 Å². The van der Waals surface area contributed by atoms with Crippen molar-refractivity contribution in [1.82, 2.24) is 14.9 Å². The third-order valence-corrected chi connectivity index (χ3v) is 4.80. The lowest BCUT2D eigenvalue weighted by Gasteiger charge is -2.36. The van der Waals surface area contributed by atoms with Crippen LogP contribution in [0.1, 0.15) is 40.6 Å². The zero-order valence-electron chi connectivity index (χ0n) is 14.5. The van der Waals surface area contributed by atoms with E-state index in [0.717, 1.165) is 25.9 Å². The number of amides is 1. The second kappa shape index (κ2) is 7.11. The molecule has 0 bridgehead atoms. The molecule has 0 aliphatic carbocycles. The monoisotopic (exact) mass is 338 g/mol. The molecule has 0 spiro atoms. The average molecular weight is 338 g/mol. The number of rotatable bonds is 4. The van der Waals surface area contributed by atoms with Gasteiger partial charge in [-0.1, -0.05) is 13.0 Å². The normalized spacial score (nSPS) is 17.0. The topological polar surface area (TPSA) is 75.2 Å². The van der Waals surface area contributed by atoms with E-state index in [-0.39, 0.29) is 11.7 Å². The van der Waals surface area contributed by atoms with Crippen molar-refractivity contribution < 1.29 is 9.59 Å². The summed E-state index contributed by atoms with van der Waals surface area (Å²) in [6.45, 7) is 3.81. The largest absolute Gasteiger partial charge is 0.307 e. The lowest BCUT2D eigenvalue weighted by molar-refractivity contribution is 0.0672. The van der Waals surface area contributed by atoms with Crippen molar-refractivity contribution in [1.29, 1.82) is 0 Å². The molecule has 0 atom stereocenters. The Balaban J connectivity index is 1.75. The molecule has 1 saturated heterocycles. The van der Waals surface area contributed by atoms with Gasteiger partial charge in [0.2, 0.25) is 0 Å². The van der Waals surface area contributed by atoms with Crippen molar-refractivity contribution in [3.05, 3.63) is 54.0 Å². The van der Waals surface area contributed by atoms with Crippen molar-refractivity contribution in [2.24, 2.45) is 5.41 Å². The van der Waals surface area contributed by atoms with Gasteiger partial charge in [-0.3, -0.25) is 14.6 Å². The van der Waals surface area contributed by atoms with E-state index in [4.69, 9.17) is 0 Å². The van der Waals surface area contributed by atoms with E-state index in [1.807, 2.05) is 6.92 Å². The summed E-state index contributed by atoms with van der Waals surface area (Å²) < 4.78 is 0. The molecule has 130 valence electrons. The van der Waals surface area contributed by atoms with Crippen LogP contribution < -0.4 is 5.32 Å². The average Bonchev–Trinajstić information content (AvgIpc) is 2.64. The Morgan fingerprint density at radius 3 is 2.48 bits per heavy atom. The van der Waals surface area contributed by atoms with Crippen molar-refractivity contribution >= 4 is 17.5 Å². The number of carbonyl (C=O) groups excluding carboxylic acids is 2. The van der Waals surface area contributed by atoms with Gasteiger partial charge in [-0.05, 0) is 57.2 Å². The number of aromatic nitrogens is 2. The molecule has 0 aromatic carbocycles. The molecular weight excluding hydrogens is 316 g/mol. The Morgan fingerprint density at radius 2 is 1.80 bits per heavy atom. The van der Waals surface area contributed by atoms with E-state index in [1.165, 1.54) is 0 Å². The molecule has 1 aliphatic rings. The first-order chi connectivity index (χ1) is 12.0. The molecule has 0 radical (unpaired) electrons. The number of nitrogens with one attached hydrogen (secondary N) is 1. The predicted molar refractivity (Wildman–Crippen MR) is 95.6 cm³/mol. The molecule has 3 heterocycles. The first kappa shape index (κ1) is 17.2. The van der Waals surface area contributed by atoms with Crippen LogP contribution in [0, 0.1) is 5.41 Å². The zero-order valence-corrected chi connectivity index (χ0v) is 14.5. The van der Waals surface area contributed by atoms with Gasteiger partial charge in [0.25, 0.3) is 5.91 Å². The van der Waals surface area contributed by atoms with Gasteiger partial charge in [-0.25, -0.2) is 4.98 Å². The standard InChI is InChI=1S/C19H22N4O2/c1-19(8-12-23(2)13-9-19)17(24)15-4-3-5-16(21-15)22-18(25)14-6-10-20-11-7-14/h3-7,10-11H,8-9,12-13H2,1-2H3,(H,21,22,25). The highest BCUT2D eigenvalue weighted by molar-refractivity contribution is 6.04. The molecule has 2 aromatic heterocycles. The number of nitrogens with zero attached hydrogens (tertiary/aromatic N) is 3. The lowest BCUT2D eigenvalue weighted by atomic mass is 9.75. The summed E-state index contributed by atoms with van der Waals surface area (Å²) in [6.07, 6.45) is 4.75. The van der Waals surface area contributed by atoms with Crippen LogP contribution in [0.2, 0.25) is 0 Å². The molecule has 2 aromatic rings. The molecule has 6 nitrogen and oxygen atoms in total. The summed E-state index contributed by atoms with van der Waals surface area (Å²) in [4.78, 5) is 35.7. The first-order valence-corrected chi connectivity index (χ1v) is 8.40. The number of carbonyl (C=O) groups is 2. The van der Waals surface area contributed by atoms with Gasteiger partial charge < -0.3 is 10.2 Å². The maximum Gasteiger partial charge on any atom is 0.256 e. The molecule has 3 rings (SSSR count). The highest BCUT2D eigenvalue weighted by atomic mass is 16.1. The second-order valence-electron chi connectivity index (χ2n) is 6.79. The van der Waals surface area contributed by atoms with Gasteiger partial charge in [-0.15, -0.1) is 0 Å². The third kappa shape index (κ3) is 3.91. The van der Waals surface area contributed by atoms with Crippen molar-refractivity contribution in [3.63, 3.8) is 0 Å². The van der Waals surface area contributed by atoms with Gasteiger partial charge >= 0.3 is 0 Å². The van der Waals surface area contributed by atoms with Crippen molar-refractivity contribution in [2.75, 3.05) is 25.5 Å². The Labute approximate surface area is 147 Å². The highest BCUT2D eigenvalue weighted by Crippen LogP contribution is 2.33. The smallest absolute Gasteiger partial charge is 0.256 e. The molecule has 25 heavy (non-hydrogen) atoms. The number of ketones is 1. The van der Waals surface area contributed by atoms with Crippen LogP contribution in [0.3, 0.4) is 0 Å². The zero-order chi connectivity index (χ0) is 17.9. The van der Waals surface area contributed by atoms with E-state index in [9.17, 15) is 9.59 Å². The van der Waals surface area contributed by atoms with Crippen LogP contribution >= 0.6 is 0 Å². The van der Waals surface area contributed by atoms with Crippen LogP contribution in [-0.4, -0.2) is 46.7 Å². The fraction of sp³-hybridized carbons (Fsp3) is 0.368. The molecule has 1 aliphatic heterocycles. The summed E-state index contributed by atoms with van der Waals surface area (Å²) in [5.41, 5.74) is 0.503. The number of likely N-dealkylation sites (tertiary alicyclic amines) is 1. The van der Waals surface area contributed by atoms with E-state index in [0.29, 0.717) is 17.1 Å². The third-order valence-electron chi connectivity index (χ3n) is 4.80. The highest BCUT2D eigenvalue weighted by Gasteiger charge is 2.37. The molecule has 1 fully saturated rings. The van der Waals surface area contributed by atoms with E-state index >= 15 is 0 Å². The Hall–Kier alpha value is -2.60. The number of anilines is 1. The van der Waals surface area contributed by atoms with Crippen LogP contribution in [0.25, 0.3) is 0 Å². The molecule has 6 heteroatoms. The summed E-state index contributed by atoms with van der Waals surface area (Å²) in [7, 11) is 2.07. The summed E-state index contributed by atoms with van der Waals surface area (Å²) in [6, 6.07) is 8.41. The van der Waals surface area contributed by atoms with E-state index < -0.39 is 5.41 Å². The minimum atomic E-state index is -0.396.